The number of carbonyl (C=O) groups excluding carboxylic acids is 1. The SMILES string of the molecule is CN(CC1CCC1)C(=O)c1cccc(N)c1.Cl. The van der Waals surface area contributed by atoms with Gasteiger partial charge in [-0.25, -0.2) is 0 Å². The van der Waals surface area contributed by atoms with Crippen molar-refractivity contribution < 1.29 is 4.79 Å². The zero-order valence-electron chi connectivity index (χ0n) is 10.1. The van der Waals surface area contributed by atoms with Crippen LogP contribution in [0.3, 0.4) is 0 Å². The van der Waals surface area contributed by atoms with E-state index in [-0.39, 0.29) is 18.3 Å². The number of rotatable bonds is 3. The lowest BCUT2D eigenvalue weighted by Crippen LogP contribution is -2.34. The second-order valence-corrected chi connectivity index (χ2v) is 4.61. The van der Waals surface area contributed by atoms with E-state index in [1.165, 1.54) is 19.3 Å². The third-order valence-electron chi connectivity index (χ3n) is 3.24. The number of hydrogen-bond acceptors (Lipinski definition) is 2. The summed E-state index contributed by atoms with van der Waals surface area (Å²) in [7, 11) is 1.86. The van der Waals surface area contributed by atoms with Crippen molar-refractivity contribution in [2.24, 2.45) is 5.92 Å². The summed E-state index contributed by atoms with van der Waals surface area (Å²) in [5, 5.41) is 0. The van der Waals surface area contributed by atoms with Crippen LogP contribution in [0.5, 0.6) is 0 Å². The molecular formula is C13H19ClN2O. The second kappa shape index (κ2) is 5.92. The zero-order valence-corrected chi connectivity index (χ0v) is 10.9. The third kappa shape index (κ3) is 3.37. The van der Waals surface area contributed by atoms with Crippen molar-refractivity contribution in [1.29, 1.82) is 0 Å². The molecule has 94 valence electrons. The highest BCUT2D eigenvalue weighted by atomic mass is 35.5. The lowest BCUT2D eigenvalue weighted by atomic mass is 9.85. The van der Waals surface area contributed by atoms with Gasteiger partial charge in [-0.1, -0.05) is 12.5 Å². The van der Waals surface area contributed by atoms with Gasteiger partial charge in [0.15, 0.2) is 0 Å². The molecule has 1 saturated carbocycles. The Kier molecular flexibility index (Phi) is 4.82. The summed E-state index contributed by atoms with van der Waals surface area (Å²) < 4.78 is 0. The molecule has 1 aromatic carbocycles. The third-order valence-corrected chi connectivity index (χ3v) is 3.24. The normalized spacial score (nSPS) is 14.6. The maximum Gasteiger partial charge on any atom is 0.253 e. The number of halogens is 1. The Balaban J connectivity index is 0.00000144. The summed E-state index contributed by atoms with van der Waals surface area (Å²) in [5.74, 6) is 0.772. The minimum absolute atomic E-state index is 0. The van der Waals surface area contributed by atoms with Crippen molar-refractivity contribution in [3.05, 3.63) is 29.8 Å². The van der Waals surface area contributed by atoms with Crippen molar-refractivity contribution >= 4 is 24.0 Å². The Hall–Kier alpha value is -1.22. The predicted octanol–water partition coefficient (Wildman–Crippen LogP) is 2.56. The highest BCUT2D eigenvalue weighted by Crippen LogP contribution is 2.27. The van der Waals surface area contributed by atoms with Crippen LogP contribution in [0.1, 0.15) is 29.6 Å². The maximum atomic E-state index is 12.0. The van der Waals surface area contributed by atoms with Gasteiger partial charge in [-0.15, -0.1) is 12.4 Å². The molecule has 0 aliphatic heterocycles. The van der Waals surface area contributed by atoms with Crippen LogP contribution in [0.2, 0.25) is 0 Å². The molecule has 0 unspecified atom stereocenters. The van der Waals surface area contributed by atoms with Crippen LogP contribution >= 0.6 is 12.4 Å². The molecule has 1 aliphatic carbocycles. The number of nitrogen functional groups attached to an aromatic ring is 1. The number of amides is 1. The smallest absolute Gasteiger partial charge is 0.253 e. The van der Waals surface area contributed by atoms with Crippen LogP contribution in [0.15, 0.2) is 24.3 Å². The average molecular weight is 255 g/mol. The van der Waals surface area contributed by atoms with Crippen molar-refractivity contribution in [3.63, 3.8) is 0 Å². The molecule has 2 rings (SSSR count). The summed E-state index contributed by atoms with van der Waals surface area (Å²) in [6, 6.07) is 7.16. The number of benzene rings is 1. The number of nitrogens with two attached hydrogens (primary N) is 1. The van der Waals surface area contributed by atoms with Gasteiger partial charge >= 0.3 is 0 Å². The van der Waals surface area contributed by atoms with E-state index in [0.29, 0.717) is 17.2 Å². The Morgan fingerprint density at radius 2 is 2.18 bits per heavy atom. The Labute approximate surface area is 108 Å². The van der Waals surface area contributed by atoms with Gasteiger partial charge in [-0.05, 0) is 37.0 Å². The molecule has 1 fully saturated rings. The molecule has 0 radical (unpaired) electrons. The molecule has 1 aliphatic rings. The number of carbonyl (C=O) groups is 1. The molecule has 2 N–H and O–H groups in total. The van der Waals surface area contributed by atoms with Crippen molar-refractivity contribution in [2.75, 3.05) is 19.3 Å². The van der Waals surface area contributed by atoms with Crippen LogP contribution in [0.25, 0.3) is 0 Å². The fraction of sp³-hybridized carbons (Fsp3) is 0.462. The van der Waals surface area contributed by atoms with Gasteiger partial charge in [0.05, 0.1) is 0 Å². The Morgan fingerprint density at radius 3 is 2.71 bits per heavy atom. The quantitative estimate of drug-likeness (QED) is 0.843. The standard InChI is InChI=1S/C13H18N2O.ClH/c1-15(9-10-4-2-5-10)13(16)11-6-3-7-12(14)8-11;/h3,6-8,10H,2,4-5,9,14H2,1H3;1H. The number of nitrogens with zero attached hydrogens (tertiary/aromatic N) is 1. The first-order chi connectivity index (χ1) is 7.66. The first-order valence-electron chi connectivity index (χ1n) is 5.78. The Bertz CT molecular complexity index is 391. The van der Waals surface area contributed by atoms with Gasteiger partial charge in [0.1, 0.15) is 0 Å². The molecule has 1 amide bonds. The fourth-order valence-corrected chi connectivity index (χ4v) is 2.04. The van der Waals surface area contributed by atoms with Crippen LogP contribution in [0.4, 0.5) is 5.69 Å². The molecule has 0 atom stereocenters. The summed E-state index contributed by atoms with van der Waals surface area (Å²) in [4.78, 5) is 13.8. The molecule has 3 nitrogen and oxygen atoms in total. The first-order valence-corrected chi connectivity index (χ1v) is 5.78. The van der Waals surface area contributed by atoms with Crippen LogP contribution in [-0.2, 0) is 0 Å². The fourth-order valence-electron chi connectivity index (χ4n) is 2.04. The Morgan fingerprint density at radius 1 is 1.47 bits per heavy atom. The van der Waals surface area contributed by atoms with E-state index in [1.54, 1.807) is 17.0 Å². The number of anilines is 1. The topological polar surface area (TPSA) is 46.3 Å². The van der Waals surface area contributed by atoms with E-state index >= 15 is 0 Å². The van der Waals surface area contributed by atoms with Crippen LogP contribution < -0.4 is 5.73 Å². The summed E-state index contributed by atoms with van der Waals surface area (Å²) in [6.45, 7) is 0.869. The predicted molar refractivity (Wildman–Crippen MR) is 72.4 cm³/mol. The van der Waals surface area contributed by atoms with E-state index in [9.17, 15) is 4.79 Å². The molecule has 0 heterocycles. The van der Waals surface area contributed by atoms with Gasteiger partial charge in [0, 0.05) is 24.8 Å². The minimum atomic E-state index is 0. The van der Waals surface area contributed by atoms with Gasteiger partial charge in [0.2, 0.25) is 0 Å². The van der Waals surface area contributed by atoms with E-state index in [0.717, 1.165) is 6.54 Å². The van der Waals surface area contributed by atoms with E-state index < -0.39 is 0 Å². The lowest BCUT2D eigenvalue weighted by Gasteiger charge is -2.30. The largest absolute Gasteiger partial charge is 0.399 e. The van der Waals surface area contributed by atoms with Crippen molar-refractivity contribution in [3.8, 4) is 0 Å². The maximum absolute atomic E-state index is 12.0. The summed E-state index contributed by atoms with van der Waals surface area (Å²) in [5.41, 5.74) is 6.99. The van der Waals surface area contributed by atoms with Crippen molar-refractivity contribution in [2.45, 2.75) is 19.3 Å². The molecule has 4 heteroatoms. The monoisotopic (exact) mass is 254 g/mol. The molecule has 0 spiro atoms. The van der Waals surface area contributed by atoms with Gasteiger partial charge in [-0.2, -0.15) is 0 Å². The average Bonchev–Trinajstić information content (AvgIpc) is 2.22. The van der Waals surface area contributed by atoms with Crippen LogP contribution in [-0.4, -0.2) is 24.4 Å². The highest BCUT2D eigenvalue weighted by molar-refractivity contribution is 5.94. The van der Waals surface area contributed by atoms with Gasteiger partial charge in [0.25, 0.3) is 5.91 Å². The molecule has 17 heavy (non-hydrogen) atoms. The minimum Gasteiger partial charge on any atom is -0.399 e. The van der Waals surface area contributed by atoms with Crippen molar-refractivity contribution in [1.82, 2.24) is 4.90 Å². The van der Waals surface area contributed by atoms with Gasteiger partial charge in [-0.3, -0.25) is 4.79 Å². The highest BCUT2D eigenvalue weighted by Gasteiger charge is 2.21. The number of hydrogen-bond donors (Lipinski definition) is 1. The van der Waals surface area contributed by atoms with E-state index in [1.807, 2.05) is 19.2 Å². The van der Waals surface area contributed by atoms with E-state index in [2.05, 4.69) is 0 Å². The van der Waals surface area contributed by atoms with E-state index in [4.69, 9.17) is 5.73 Å². The summed E-state index contributed by atoms with van der Waals surface area (Å²) >= 11 is 0. The van der Waals surface area contributed by atoms with Gasteiger partial charge < -0.3 is 10.6 Å². The molecular weight excluding hydrogens is 236 g/mol. The molecule has 0 bridgehead atoms. The molecule has 0 saturated heterocycles. The lowest BCUT2D eigenvalue weighted by molar-refractivity contribution is 0.0745. The van der Waals surface area contributed by atoms with Crippen LogP contribution in [0, 0.1) is 5.92 Å². The summed E-state index contributed by atoms with van der Waals surface area (Å²) in [6.07, 6.45) is 3.83. The molecule has 1 aromatic rings. The zero-order chi connectivity index (χ0) is 11.5. The second-order valence-electron chi connectivity index (χ2n) is 4.61. The first kappa shape index (κ1) is 13.8. The molecule has 0 aromatic heterocycles.